The molecule has 4 rings (SSSR count). The van der Waals surface area contributed by atoms with Gasteiger partial charge in [0.2, 0.25) is 5.82 Å². The summed E-state index contributed by atoms with van der Waals surface area (Å²) in [6.07, 6.45) is 1.46. The molecule has 9 nitrogen and oxygen atoms in total. The number of halogens is 1. The Morgan fingerprint density at radius 3 is 2.73 bits per heavy atom. The molecular formula is C20H22FN5O4. The van der Waals surface area contributed by atoms with Crippen molar-refractivity contribution < 1.29 is 18.4 Å². The van der Waals surface area contributed by atoms with E-state index in [2.05, 4.69) is 15.1 Å². The van der Waals surface area contributed by atoms with Gasteiger partial charge in [-0.3, -0.25) is 13.8 Å². The number of fused-ring (bicyclic) bond motifs is 3. The zero-order valence-electron chi connectivity index (χ0n) is 17.3. The Kier molecular flexibility index (Phi) is 4.91. The fourth-order valence-corrected chi connectivity index (χ4v) is 3.44. The minimum absolute atomic E-state index is 0.149. The standard InChI is InChI=1S/C20H22FN5O4/c1-11(9-28-4)26-15-12(21)7-6-8-13(15)25-10-22-14(16(25)18(26)27)17-23-19(30-24-17)20(2,3)29-5/h6-8,10-11H,9H2,1-5H3. The molecule has 10 heteroatoms. The molecule has 158 valence electrons. The van der Waals surface area contributed by atoms with Crippen molar-refractivity contribution in [3.63, 3.8) is 0 Å². The molecule has 0 aliphatic rings. The first-order valence-electron chi connectivity index (χ1n) is 9.38. The Balaban J connectivity index is 2.04. The predicted octanol–water partition coefficient (Wildman–Crippen LogP) is 2.93. The third-order valence-electron chi connectivity index (χ3n) is 5.17. The van der Waals surface area contributed by atoms with Gasteiger partial charge in [-0.2, -0.15) is 4.98 Å². The Labute approximate surface area is 171 Å². The topological polar surface area (TPSA) is 96.7 Å². The van der Waals surface area contributed by atoms with E-state index < -0.39 is 23.0 Å². The SMILES string of the molecule is COCC(C)n1c(=O)c2c(-c3noc(C(C)(C)OC)n3)ncn2c2cccc(F)c21. The van der Waals surface area contributed by atoms with Gasteiger partial charge in [0.15, 0.2) is 0 Å². The molecule has 0 radical (unpaired) electrons. The highest BCUT2D eigenvalue weighted by atomic mass is 19.1. The first-order chi connectivity index (χ1) is 14.3. The van der Waals surface area contributed by atoms with Crippen molar-refractivity contribution in [2.45, 2.75) is 32.4 Å². The van der Waals surface area contributed by atoms with Crippen LogP contribution in [0.25, 0.3) is 28.1 Å². The zero-order valence-corrected chi connectivity index (χ0v) is 17.3. The third kappa shape index (κ3) is 2.99. The van der Waals surface area contributed by atoms with Crippen LogP contribution in [0.15, 0.2) is 33.8 Å². The lowest BCUT2D eigenvalue weighted by Gasteiger charge is -2.18. The van der Waals surface area contributed by atoms with Crippen molar-refractivity contribution in [3.05, 3.63) is 46.6 Å². The summed E-state index contributed by atoms with van der Waals surface area (Å²) in [5, 5.41) is 3.98. The van der Waals surface area contributed by atoms with Gasteiger partial charge >= 0.3 is 0 Å². The number of benzene rings is 1. The molecule has 0 spiro atoms. The molecule has 0 amide bonds. The van der Waals surface area contributed by atoms with Crippen molar-refractivity contribution in [2.75, 3.05) is 20.8 Å². The van der Waals surface area contributed by atoms with Crippen LogP contribution < -0.4 is 5.56 Å². The van der Waals surface area contributed by atoms with E-state index in [0.717, 1.165) is 0 Å². The van der Waals surface area contributed by atoms with Crippen LogP contribution in [0.1, 0.15) is 32.7 Å². The molecule has 0 aliphatic carbocycles. The number of imidazole rings is 1. The van der Waals surface area contributed by atoms with Gasteiger partial charge in [-0.05, 0) is 32.9 Å². The maximum Gasteiger partial charge on any atom is 0.278 e. The molecule has 3 aromatic heterocycles. The minimum Gasteiger partial charge on any atom is -0.383 e. The van der Waals surface area contributed by atoms with Crippen LogP contribution in [-0.2, 0) is 15.1 Å². The van der Waals surface area contributed by atoms with Crippen LogP contribution in [0.5, 0.6) is 0 Å². The Morgan fingerprint density at radius 2 is 2.03 bits per heavy atom. The van der Waals surface area contributed by atoms with E-state index in [-0.39, 0.29) is 35.0 Å². The molecule has 30 heavy (non-hydrogen) atoms. The summed E-state index contributed by atoms with van der Waals surface area (Å²) < 4.78 is 33.6. The Hall–Kier alpha value is -3.11. The number of methoxy groups -OCH3 is 2. The summed E-state index contributed by atoms with van der Waals surface area (Å²) in [5.41, 5.74) is -0.0961. The smallest absolute Gasteiger partial charge is 0.278 e. The molecule has 0 aliphatic heterocycles. The second-order valence-corrected chi connectivity index (χ2v) is 7.54. The van der Waals surface area contributed by atoms with E-state index >= 15 is 0 Å². The van der Waals surface area contributed by atoms with Crippen molar-refractivity contribution in [2.24, 2.45) is 0 Å². The van der Waals surface area contributed by atoms with Crippen LogP contribution in [0.2, 0.25) is 0 Å². The van der Waals surface area contributed by atoms with Gasteiger partial charge < -0.3 is 14.0 Å². The van der Waals surface area contributed by atoms with Gasteiger partial charge in [0, 0.05) is 14.2 Å². The number of ether oxygens (including phenoxy) is 2. The summed E-state index contributed by atoms with van der Waals surface area (Å²) in [6.45, 7) is 5.59. The van der Waals surface area contributed by atoms with Crippen LogP contribution in [-0.4, -0.2) is 44.9 Å². The summed E-state index contributed by atoms with van der Waals surface area (Å²) in [4.78, 5) is 22.2. The average Bonchev–Trinajstić information content (AvgIpc) is 3.37. The molecule has 3 heterocycles. The number of rotatable bonds is 6. The second-order valence-electron chi connectivity index (χ2n) is 7.54. The largest absolute Gasteiger partial charge is 0.383 e. The lowest BCUT2D eigenvalue weighted by molar-refractivity contribution is -0.00786. The van der Waals surface area contributed by atoms with Gasteiger partial charge in [0.1, 0.15) is 34.5 Å². The van der Waals surface area contributed by atoms with Crippen molar-refractivity contribution in [1.29, 1.82) is 0 Å². The Bertz CT molecular complexity index is 1290. The molecule has 0 fully saturated rings. The van der Waals surface area contributed by atoms with E-state index in [1.165, 1.54) is 31.2 Å². The normalized spacial score (nSPS) is 13.4. The minimum atomic E-state index is -0.802. The Morgan fingerprint density at radius 1 is 1.27 bits per heavy atom. The molecule has 1 atom stereocenters. The molecular weight excluding hydrogens is 393 g/mol. The summed E-state index contributed by atoms with van der Waals surface area (Å²) in [5.74, 6) is -0.106. The molecule has 1 aromatic carbocycles. The van der Waals surface area contributed by atoms with Gasteiger partial charge in [-0.1, -0.05) is 11.2 Å². The van der Waals surface area contributed by atoms with Crippen LogP contribution in [0.3, 0.4) is 0 Å². The third-order valence-corrected chi connectivity index (χ3v) is 5.17. The lowest BCUT2D eigenvalue weighted by atomic mass is 10.1. The van der Waals surface area contributed by atoms with E-state index in [0.29, 0.717) is 5.52 Å². The first kappa shape index (κ1) is 20.2. The van der Waals surface area contributed by atoms with E-state index in [9.17, 15) is 9.18 Å². The van der Waals surface area contributed by atoms with Crippen LogP contribution >= 0.6 is 0 Å². The maximum absolute atomic E-state index is 14.8. The number of hydrogen-bond donors (Lipinski definition) is 0. The molecule has 4 aromatic rings. The lowest BCUT2D eigenvalue weighted by Crippen LogP contribution is -2.28. The second kappa shape index (κ2) is 7.29. The molecule has 0 N–H and O–H groups in total. The van der Waals surface area contributed by atoms with Gasteiger partial charge in [0.25, 0.3) is 11.4 Å². The molecule has 1 unspecified atom stereocenters. The quantitative estimate of drug-likeness (QED) is 0.478. The highest BCUT2D eigenvalue weighted by molar-refractivity contribution is 5.84. The van der Waals surface area contributed by atoms with Gasteiger partial charge in [-0.25, -0.2) is 9.37 Å². The van der Waals surface area contributed by atoms with Crippen molar-refractivity contribution in [1.82, 2.24) is 24.1 Å². The summed E-state index contributed by atoms with van der Waals surface area (Å²) in [7, 11) is 3.06. The van der Waals surface area contributed by atoms with Crippen molar-refractivity contribution in [3.8, 4) is 11.5 Å². The average molecular weight is 415 g/mol. The number of nitrogens with zero attached hydrogens (tertiary/aromatic N) is 5. The van der Waals surface area contributed by atoms with E-state index in [1.807, 2.05) is 0 Å². The fourth-order valence-electron chi connectivity index (χ4n) is 3.44. The zero-order chi connectivity index (χ0) is 21.6. The van der Waals surface area contributed by atoms with E-state index in [4.69, 9.17) is 14.0 Å². The highest BCUT2D eigenvalue weighted by Crippen LogP contribution is 2.28. The maximum atomic E-state index is 14.8. The number of hydrogen-bond acceptors (Lipinski definition) is 7. The number of aromatic nitrogens is 5. The van der Waals surface area contributed by atoms with Gasteiger partial charge in [0.05, 0.1) is 18.2 Å². The number of para-hydroxylation sites is 1. The summed E-state index contributed by atoms with van der Waals surface area (Å²) in [6, 6.07) is 4.21. The van der Waals surface area contributed by atoms with Crippen LogP contribution in [0, 0.1) is 5.82 Å². The van der Waals surface area contributed by atoms with Crippen molar-refractivity contribution >= 4 is 16.6 Å². The molecule has 0 bridgehead atoms. The first-order valence-corrected chi connectivity index (χ1v) is 9.38. The fraction of sp³-hybridized carbons (Fsp3) is 0.400. The highest BCUT2D eigenvalue weighted by Gasteiger charge is 2.29. The molecule has 0 saturated heterocycles. The monoisotopic (exact) mass is 415 g/mol. The van der Waals surface area contributed by atoms with Crippen LogP contribution in [0.4, 0.5) is 4.39 Å². The van der Waals surface area contributed by atoms with E-state index in [1.54, 1.807) is 37.3 Å². The predicted molar refractivity (Wildman–Crippen MR) is 107 cm³/mol. The molecule has 0 saturated carbocycles. The van der Waals surface area contributed by atoms with Gasteiger partial charge in [-0.15, -0.1) is 0 Å². The summed E-state index contributed by atoms with van der Waals surface area (Å²) >= 11 is 0.